The van der Waals surface area contributed by atoms with Gasteiger partial charge in [-0.15, -0.1) is 11.6 Å². The topological polar surface area (TPSA) is 55.4 Å². The molecule has 6 heteroatoms. The number of hydrogen-bond donors (Lipinski definition) is 1. The average molecular weight is 256 g/mol. The first-order chi connectivity index (χ1) is 7.14. The number of ether oxygens (including phenoxy) is 1. The van der Waals surface area contributed by atoms with Crippen molar-refractivity contribution >= 4 is 21.6 Å². The summed E-state index contributed by atoms with van der Waals surface area (Å²) in [7, 11) is -3.16. The lowest BCUT2D eigenvalue weighted by atomic mass is 10.4. The summed E-state index contributed by atoms with van der Waals surface area (Å²) in [6.45, 7) is 1.89. The summed E-state index contributed by atoms with van der Waals surface area (Å²) in [4.78, 5) is 0. The highest BCUT2D eigenvalue weighted by atomic mass is 35.5. The molecule has 0 aromatic heterocycles. The van der Waals surface area contributed by atoms with Crippen molar-refractivity contribution in [2.75, 3.05) is 31.4 Å². The minimum Gasteiger partial charge on any atom is -0.381 e. The summed E-state index contributed by atoms with van der Waals surface area (Å²) in [5.41, 5.74) is 0. The standard InChI is InChI=1S/C9H18ClNO3S/c10-4-7-15(12,13)11-5-1-6-14-8-9-2-3-9/h9,11H,1-8H2. The first-order valence-electron chi connectivity index (χ1n) is 5.25. The maximum atomic E-state index is 11.1. The maximum Gasteiger partial charge on any atom is 0.212 e. The SMILES string of the molecule is O=S(=O)(CCCl)NCCCOCC1CC1. The first-order valence-corrected chi connectivity index (χ1v) is 7.44. The van der Waals surface area contributed by atoms with Gasteiger partial charge in [0.05, 0.1) is 5.75 Å². The van der Waals surface area contributed by atoms with Crippen LogP contribution in [0.3, 0.4) is 0 Å². The summed E-state index contributed by atoms with van der Waals surface area (Å²) in [6, 6.07) is 0. The van der Waals surface area contributed by atoms with Gasteiger partial charge in [-0.05, 0) is 25.2 Å². The molecule has 0 heterocycles. The van der Waals surface area contributed by atoms with Crippen molar-refractivity contribution in [3.63, 3.8) is 0 Å². The molecule has 0 saturated heterocycles. The van der Waals surface area contributed by atoms with Crippen molar-refractivity contribution in [1.82, 2.24) is 4.72 Å². The molecule has 1 saturated carbocycles. The van der Waals surface area contributed by atoms with Crippen LogP contribution in [0.2, 0.25) is 0 Å². The molecule has 0 unspecified atom stereocenters. The molecular weight excluding hydrogens is 238 g/mol. The van der Waals surface area contributed by atoms with E-state index in [4.69, 9.17) is 16.3 Å². The van der Waals surface area contributed by atoms with Crippen molar-refractivity contribution in [2.24, 2.45) is 5.92 Å². The quantitative estimate of drug-likeness (QED) is 0.493. The van der Waals surface area contributed by atoms with Crippen molar-refractivity contribution in [3.8, 4) is 0 Å². The molecule has 4 nitrogen and oxygen atoms in total. The molecule has 0 amide bonds. The van der Waals surface area contributed by atoms with Gasteiger partial charge >= 0.3 is 0 Å². The van der Waals surface area contributed by atoms with Crippen LogP contribution in [0.15, 0.2) is 0 Å². The third kappa shape index (κ3) is 7.11. The van der Waals surface area contributed by atoms with Crippen molar-refractivity contribution in [1.29, 1.82) is 0 Å². The second-order valence-electron chi connectivity index (χ2n) is 3.77. The lowest BCUT2D eigenvalue weighted by molar-refractivity contribution is 0.123. The number of rotatable bonds is 9. The van der Waals surface area contributed by atoms with E-state index in [1.165, 1.54) is 12.8 Å². The Kier molecular flexibility index (Phi) is 5.89. The predicted molar refractivity (Wildman–Crippen MR) is 60.7 cm³/mol. The van der Waals surface area contributed by atoms with E-state index in [2.05, 4.69) is 4.72 Å². The fraction of sp³-hybridized carbons (Fsp3) is 1.00. The second-order valence-corrected chi connectivity index (χ2v) is 6.08. The average Bonchev–Trinajstić information content (AvgIpc) is 2.94. The van der Waals surface area contributed by atoms with Crippen molar-refractivity contribution < 1.29 is 13.2 Å². The lowest BCUT2D eigenvalue weighted by Crippen LogP contribution is -2.28. The van der Waals surface area contributed by atoms with E-state index in [1.807, 2.05) is 0 Å². The molecule has 1 N–H and O–H groups in total. The molecule has 1 aliphatic carbocycles. The van der Waals surface area contributed by atoms with E-state index in [0.717, 1.165) is 12.5 Å². The van der Waals surface area contributed by atoms with E-state index in [-0.39, 0.29) is 11.6 Å². The molecule has 1 rings (SSSR count). The Morgan fingerprint density at radius 1 is 1.40 bits per heavy atom. The highest BCUT2D eigenvalue weighted by Crippen LogP contribution is 2.28. The van der Waals surface area contributed by atoms with Crippen LogP contribution in [-0.4, -0.2) is 39.8 Å². The Balaban J connectivity index is 1.90. The van der Waals surface area contributed by atoms with E-state index >= 15 is 0 Å². The Hall–Kier alpha value is 0.160. The normalized spacial score (nSPS) is 16.9. The Labute approximate surface area is 96.4 Å². The summed E-state index contributed by atoms with van der Waals surface area (Å²) < 4.78 is 30.1. The molecule has 0 spiro atoms. The molecule has 0 bridgehead atoms. The van der Waals surface area contributed by atoms with Gasteiger partial charge < -0.3 is 4.74 Å². The largest absolute Gasteiger partial charge is 0.381 e. The summed E-state index contributed by atoms with van der Waals surface area (Å²) in [6.07, 6.45) is 3.28. The smallest absolute Gasteiger partial charge is 0.212 e. The van der Waals surface area contributed by atoms with E-state index in [9.17, 15) is 8.42 Å². The Morgan fingerprint density at radius 2 is 2.13 bits per heavy atom. The van der Waals surface area contributed by atoms with E-state index in [0.29, 0.717) is 19.6 Å². The van der Waals surface area contributed by atoms with Crippen LogP contribution < -0.4 is 4.72 Å². The summed E-state index contributed by atoms with van der Waals surface area (Å²) in [5.74, 6) is 0.878. The zero-order chi connectivity index (χ0) is 11.1. The molecule has 1 fully saturated rings. The predicted octanol–water partition coefficient (Wildman–Crippen LogP) is 0.961. The van der Waals surface area contributed by atoms with E-state index < -0.39 is 10.0 Å². The molecule has 0 aliphatic heterocycles. The summed E-state index contributed by atoms with van der Waals surface area (Å²) in [5, 5.41) is 0. The fourth-order valence-electron chi connectivity index (χ4n) is 1.11. The first kappa shape index (κ1) is 13.2. The molecule has 0 aromatic carbocycles. The van der Waals surface area contributed by atoms with Crippen LogP contribution in [-0.2, 0) is 14.8 Å². The van der Waals surface area contributed by atoms with Crippen molar-refractivity contribution in [3.05, 3.63) is 0 Å². The molecule has 0 atom stereocenters. The fourth-order valence-corrected chi connectivity index (χ4v) is 2.52. The van der Waals surface area contributed by atoms with Gasteiger partial charge in [0.2, 0.25) is 10.0 Å². The molecule has 0 aromatic rings. The van der Waals surface area contributed by atoms with Crippen LogP contribution in [0.1, 0.15) is 19.3 Å². The minimum atomic E-state index is -3.16. The number of alkyl halides is 1. The lowest BCUT2D eigenvalue weighted by Gasteiger charge is -2.05. The van der Waals surface area contributed by atoms with Gasteiger partial charge in [-0.2, -0.15) is 0 Å². The third-order valence-electron chi connectivity index (χ3n) is 2.18. The number of halogens is 1. The van der Waals surface area contributed by atoms with Gasteiger partial charge in [0.25, 0.3) is 0 Å². The number of hydrogen-bond acceptors (Lipinski definition) is 3. The van der Waals surface area contributed by atoms with Gasteiger partial charge in [0, 0.05) is 25.6 Å². The minimum absolute atomic E-state index is 0.0164. The van der Waals surface area contributed by atoms with Gasteiger partial charge in [-0.3, -0.25) is 0 Å². The molecular formula is C9H18ClNO3S. The van der Waals surface area contributed by atoms with Crippen LogP contribution in [0.5, 0.6) is 0 Å². The van der Waals surface area contributed by atoms with Gasteiger partial charge in [-0.25, -0.2) is 13.1 Å². The zero-order valence-electron chi connectivity index (χ0n) is 8.75. The highest BCUT2D eigenvalue weighted by molar-refractivity contribution is 7.89. The maximum absolute atomic E-state index is 11.1. The van der Waals surface area contributed by atoms with Crippen LogP contribution in [0, 0.1) is 5.92 Å². The summed E-state index contributed by atoms with van der Waals surface area (Å²) >= 11 is 5.35. The van der Waals surface area contributed by atoms with E-state index in [1.54, 1.807) is 0 Å². The van der Waals surface area contributed by atoms with Crippen LogP contribution in [0.25, 0.3) is 0 Å². The van der Waals surface area contributed by atoms with Crippen LogP contribution in [0.4, 0.5) is 0 Å². The third-order valence-corrected chi connectivity index (χ3v) is 3.98. The Morgan fingerprint density at radius 3 is 2.73 bits per heavy atom. The van der Waals surface area contributed by atoms with Gasteiger partial charge in [0.1, 0.15) is 0 Å². The zero-order valence-corrected chi connectivity index (χ0v) is 10.3. The van der Waals surface area contributed by atoms with Crippen LogP contribution >= 0.6 is 11.6 Å². The number of sulfonamides is 1. The molecule has 15 heavy (non-hydrogen) atoms. The molecule has 1 aliphatic rings. The number of nitrogens with one attached hydrogen (secondary N) is 1. The monoisotopic (exact) mass is 255 g/mol. The molecule has 0 radical (unpaired) electrons. The van der Waals surface area contributed by atoms with Crippen molar-refractivity contribution in [2.45, 2.75) is 19.3 Å². The van der Waals surface area contributed by atoms with Gasteiger partial charge in [0.15, 0.2) is 0 Å². The van der Waals surface area contributed by atoms with Gasteiger partial charge in [-0.1, -0.05) is 0 Å². The Bertz CT molecular complexity index is 265. The molecule has 90 valence electrons. The second kappa shape index (κ2) is 6.68. The highest BCUT2D eigenvalue weighted by Gasteiger charge is 2.20.